The van der Waals surface area contributed by atoms with Gasteiger partial charge in [-0.15, -0.1) is 11.3 Å². The van der Waals surface area contributed by atoms with Crippen LogP contribution in [-0.4, -0.2) is 33.2 Å². The van der Waals surface area contributed by atoms with Crippen LogP contribution in [0.25, 0.3) is 10.6 Å². The van der Waals surface area contributed by atoms with Gasteiger partial charge in [0.1, 0.15) is 10.8 Å². The second kappa shape index (κ2) is 10.8. The zero-order valence-corrected chi connectivity index (χ0v) is 23.8. The molecule has 1 amide bonds. The first-order chi connectivity index (χ1) is 19.0. The zero-order valence-electron chi connectivity index (χ0n) is 22.9. The number of carbonyl (C=O) groups is 2. The molecule has 5 nitrogen and oxygen atoms in total. The van der Waals surface area contributed by atoms with Gasteiger partial charge in [-0.1, -0.05) is 87.5 Å². The predicted octanol–water partition coefficient (Wildman–Crippen LogP) is 7.38. The number of ketones is 1. The molecule has 0 saturated carbocycles. The number of nitrogens with zero attached hydrogens (tertiary/aromatic N) is 2. The first-order valence-electron chi connectivity index (χ1n) is 13.2. The van der Waals surface area contributed by atoms with E-state index in [1.807, 2.05) is 54.6 Å². The van der Waals surface area contributed by atoms with Gasteiger partial charge in [-0.2, -0.15) is 0 Å². The van der Waals surface area contributed by atoms with Gasteiger partial charge in [0, 0.05) is 12.1 Å². The first kappa shape index (κ1) is 27.5. The zero-order chi connectivity index (χ0) is 28.6. The van der Waals surface area contributed by atoms with Crippen LogP contribution in [0.2, 0.25) is 0 Å². The van der Waals surface area contributed by atoms with Crippen LogP contribution >= 0.6 is 11.3 Å². The largest absolute Gasteiger partial charge is 0.503 e. The summed E-state index contributed by atoms with van der Waals surface area (Å²) in [6.45, 7) is 8.37. The van der Waals surface area contributed by atoms with E-state index in [4.69, 9.17) is 0 Å². The fraction of sp³-hybridized carbons (Fsp3) is 0.242. The first-order valence-corrected chi connectivity index (χ1v) is 14.0. The molecule has 2 heterocycles. The highest BCUT2D eigenvalue weighted by Crippen LogP contribution is 2.41. The van der Waals surface area contributed by atoms with Gasteiger partial charge < -0.3 is 10.0 Å². The van der Waals surface area contributed by atoms with Gasteiger partial charge >= 0.3 is 0 Å². The van der Waals surface area contributed by atoms with Crippen molar-refractivity contribution in [3.05, 3.63) is 123 Å². The van der Waals surface area contributed by atoms with E-state index in [-0.39, 0.29) is 23.4 Å². The summed E-state index contributed by atoms with van der Waals surface area (Å²) in [5.74, 6) is -1.87. The number of amides is 1. The molecule has 0 aliphatic carbocycles. The number of halogens is 1. The van der Waals surface area contributed by atoms with Crippen molar-refractivity contribution in [1.82, 2.24) is 9.88 Å². The SMILES string of the molecule is Cc1nc(-c2ccccc2)sc1C(=O)C1=C(O)C(=O)N(CCc2ccc(F)cc2)C1c1ccc(C(C)(C)C)cc1. The molecule has 0 radical (unpaired) electrons. The number of hydrogen-bond donors (Lipinski definition) is 1. The normalized spacial score (nSPS) is 15.7. The van der Waals surface area contributed by atoms with Gasteiger partial charge in [-0.3, -0.25) is 9.59 Å². The summed E-state index contributed by atoms with van der Waals surface area (Å²) < 4.78 is 13.4. The lowest BCUT2D eigenvalue weighted by Gasteiger charge is -2.28. The van der Waals surface area contributed by atoms with Crippen LogP contribution in [-0.2, 0) is 16.6 Å². The van der Waals surface area contributed by atoms with Crippen molar-refractivity contribution in [3.8, 4) is 10.6 Å². The van der Waals surface area contributed by atoms with Crippen molar-refractivity contribution in [2.75, 3.05) is 6.54 Å². The van der Waals surface area contributed by atoms with Crippen LogP contribution in [0.3, 0.4) is 0 Å². The van der Waals surface area contributed by atoms with Crippen LogP contribution in [0.15, 0.2) is 90.2 Å². The highest BCUT2D eigenvalue weighted by atomic mass is 32.1. The van der Waals surface area contributed by atoms with Gasteiger partial charge in [0.2, 0.25) is 5.78 Å². The standard InChI is InChI=1S/C33H31FN2O3S/c1-20-30(40-31(35-20)23-8-6-5-7-9-23)28(37)26-27(22-12-14-24(15-13-22)33(2,3)4)36(32(39)29(26)38)19-18-21-10-16-25(34)17-11-21/h5-17,27,38H,18-19H2,1-4H3. The van der Waals surface area contributed by atoms with Gasteiger partial charge in [0.25, 0.3) is 5.91 Å². The molecule has 1 unspecified atom stereocenters. The number of aromatic nitrogens is 1. The maximum absolute atomic E-state index is 14.1. The van der Waals surface area contributed by atoms with Crippen molar-refractivity contribution in [2.45, 2.75) is 45.6 Å². The maximum atomic E-state index is 14.1. The lowest BCUT2D eigenvalue weighted by atomic mass is 9.85. The number of thiazole rings is 1. The van der Waals surface area contributed by atoms with Crippen LogP contribution in [0.1, 0.15) is 58.9 Å². The molecule has 0 spiro atoms. The topological polar surface area (TPSA) is 70.5 Å². The van der Waals surface area contributed by atoms with Crippen molar-refractivity contribution >= 4 is 23.0 Å². The Kier molecular flexibility index (Phi) is 7.43. The molecular formula is C33H31FN2O3S. The molecule has 3 aromatic carbocycles. The van der Waals surface area contributed by atoms with Crippen molar-refractivity contribution in [3.63, 3.8) is 0 Å². The summed E-state index contributed by atoms with van der Waals surface area (Å²) in [5, 5.41) is 11.8. The number of carbonyl (C=O) groups excluding carboxylic acids is 2. The predicted molar refractivity (Wildman–Crippen MR) is 156 cm³/mol. The molecule has 1 atom stereocenters. The number of aliphatic hydroxyl groups excluding tert-OH is 1. The molecule has 5 rings (SSSR count). The summed E-state index contributed by atoms with van der Waals surface area (Å²) in [6.07, 6.45) is 0.440. The maximum Gasteiger partial charge on any atom is 0.290 e. The Morgan fingerprint density at radius 3 is 2.27 bits per heavy atom. The smallest absolute Gasteiger partial charge is 0.290 e. The Labute approximate surface area is 237 Å². The molecule has 0 bridgehead atoms. The Hall–Kier alpha value is -4.10. The molecular weight excluding hydrogens is 523 g/mol. The molecule has 4 aromatic rings. The minimum absolute atomic E-state index is 0.0546. The van der Waals surface area contributed by atoms with Crippen LogP contribution in [0.4, 0.5) is 4.39 Å². The summed E-state index contributed by atoms with van der Waals surface area (Å²) in [7, 11) is 0. The highest BCUT2D eigenvalue weighted by Gasteiger charge is 2.44. The quantitative estimate of drug-likeness (QED) is 0.242. The van der Waals surface area contributed by atoms with Gasteiger partial charge in [0.05, 0.1) is 22.2 Å². The number of benzene rings is 3. The Balaban J connectivity index is 1.54. The van der Waals surface area contributed by atoms with E-state index in [1.54, 1.807) is 19.1 Å². The van der Waals surface area contributed by atoms with Gasteiger partial charge in [0.15, 0.2) is 5.76 Å². The van der Waals surface area contributed by atoms with Gasteiger partial charge in [-0.25, -0.2) is 9.37 Å². The van der Waals surface area contributed by atoms with E-state index < -0.39 is 23.5 Å². The van der Waals surface area contributed by atoms with Crippen molar-refractivity contribution < 1.29 is 19.1 Å². The number of aryl methyl sites for hydroxylation is 1. The monoisotopic (exact) mass is 554 g/mol. The minimum Gasteiger partial charge on any atom is -0.503 e. The molecule has 40 heavy (non-hydrogen) atoms. The third kappa shape index (κ3) is 5.34. The number of rotatable bonds is 7. The van der Waals surface area contributed by atoms with E-state index in [1.165, 1.54) is 28.4 Å². The second-order valence-corrected chi connectivity index (χ2v) is 12.0. The summed E-state index contributed by atoms with van der Waals surface area (Å²) in [5.41, 5.74) is 4.12. The van der Waals surface area contributed by atoms with E-state index in [9.17, 15) is 19.1 Å². The molecule has 1 N–H and O–H groups in total. The number of aliphatic hydroxyl groups is 1. The number of hydrogen-bond acceptors (Lipinski definition) is 5. The van der Waals surface area contributed by atoms with Crippen molar-refractivity contribution in [2.24, 2.45) is 0 Å². The van der Waals surface area contributed by atoms with E-state index in [0.717, 1.165) is 22.3 Å². The Morgan fingerprint density at radius 2 is 1.65 bits per heavy atom. The third-order valence-corrected chi connectivity index (χ3v) is 8.42. The van der Waals surface area contributed by atoms with Crippen LogP contribution < -0.4 is 0 Å². The Morgan fingerprint density at radius 1 is 1.00 bits per heavy atom. The number of Topliss-reactive ketones (excluding diaryl/α,β-unsaturated/α-hetero) is 1. The lowest BCUT2D eigenvalue weighted by Crippen LogP contribution is -2.33. The average molecular weight is 555 g/mol. The third-order valence-electron chi connectivity index (χ3n) is 7.22. The van der Waals surface area contributed by atoms with E-state index in [0.29, 0.717) is 22.0 Å². The molecule has 0 fully saturated rings. The molecule has 0 saturated heterocycles. The fourth-order valence-electron chi connectivity index (χ4n) is 4.96. The van der Waals surface area contributed by atoms with Crippen LogP contribution in [0.5, 0.6) is 0 Å². The van der Waals surface area contributed by atoms with Crippen molar-refractivity contribution in [1.29, 1.82) is 0 Å². The summed E-state index contributed by atoms with van der Waals surface area (Å²) in [4.78, 5) is 34.1. The molecule has 1 aliphatic heterocycles. The van der Waals surface area contributed by atoms with E-state index in [2.05, 4.69) is 25.8 Å². The average Bonchev–Trinajstić information content (AvgIpc) is 3.45. The highest BCUT2D eigenvalue weighted by molar-refractivity contribution is 7.17. The van der Waals surface area contributed by atoms with Gasteiger partial charge in [-0.05, 0) is 47.6 Å². The minimum atomic E-state index is -0.767. The molecule has 1 aliphatic rings. The second-order valence-electron chi connectivity index (χ2n) is 11.0. The lowest BCUT2D eigenvalue weighted by molar-refractivity contribution is -0.129. The fourth-order valence-corrected chi connectivity index (χ4v) is 5.99. The summed E-state index contributed by atoms with van der Waals surface area (Å²) in [6, 6.07) is 22.8. The molecule has 1 aromatic heterocycles. The van der Waals surface area contributed by atoms with E-state index >= 15 is 0 Å². The molecule has 204 valence electrons. The Bertz CT molecular complexity index is 1580. The summed E-state index contributed by atoms with van der Waals surface area (Å²) >= 11 is 1.26. The molecule has 7 heteroatoms. The van der Waals surface area contributed by atoms with Crippen LogP contribution in [0, 0.1) is 12.7 Å².